The van der Waals surface area contributed by atoms with Crippen molar-refractivity contribution in [3.05, 3.63) is 0 Å². The third-order valence-corrected chi connectivity index (χ3v) is 12.1. The van der Waals surface area contributed by atoms with Gasteiger partial charge in [0, 0.05) is 0 Å². The lowest BCUT2D eigenvalue weighted by molar-refractivity contribution is 0.479. The first kappa shape index (κ1) is 19.3. The maximum absolute atomic E-state index is 6.28. The zero-order chi connectivity index (χ0) is 15.4. The molecule has 3 heteroatoms. The van der Waals surface area contributed by atoms with Gasteiger partial charge in [0.15, 0.2) is 0 Å². The lowest BCUT2D eigenvalue weighted by Crippen LogP contribution is -2.43. The van der Waals surface area contributed by atoms with Crippen molar-refractivity contribution in [3.63, 3.8) is 0 Å². The van der Waals surface area contributed by atoms with E-state index in [1.54, 1.807) is 0 Å². The van der Waals surface area contributed by atoms with Gasteiger partial charge in [-0.3, -0.25) is 0 Å². The van der Waals surface area contributed by atoms with Gasteiger partial charge in [0.25, 0.3) is 0 Å². The van der Waals surface area contributed by atoms with E-state index in [4.69, 9.17) is 7.57 Å². The summed E-state index contributed by atoms with van der Waals surface area (Å²) in [6, 6.07) is 0. The summed E-state index contributed by atoms with van der Waals surface area (Å²) in [4.78, 5) is 0. The Kier molecular flexibility index (Phi) is 7.43. The average Bonchev–Trinajstić information content (AvgIpc) is 2.13. The molecule has 0 amide bonds. The van der Waals surface area contributed by atoms with Crippen LogP contribution in [0.2, 0.25) is 16.6 Å². The van der Waals surface area contributed by atoms with E-state index in [0.717, 1.165) is 6.16 Å². The maximum atomic E-state index is 6.28. The minimum atomic E-state index is -1.59. The van der Waals surface area contributed by atoms with Crippen LogP contribution in [0.1, 0.15) is 62.3 Å². The van der Waals surface area contributed by atoms with Gasteiger partial charge in [0.05, 0.1) is 0 Å². The first-order valence-electron chi connectivity index (χ1n) is 7.48. The topological polar surface area (TPSA) is 0 Å². The molecule has 108 valence electrons. The third kappa shape index (κ3) is 5.65. The molecule has 0 aliphatic rings. The Morgan fingerprint density at radius 1 is 0.947 bits per heavy atom. The minimum Gasteiger partial charge on any atom is -0.127 e. The number of rotatable bonds is 4. The Labute approximate surface area is 125 Å². The summed E-state index contributed by atoms with van der Waals surface area (Å²) in [7, 11) is 4.06. The van der Waals surface area contributed by atoms with Crippen LogP contribution in [-0.2, 0) is 0 Å². The molecular weight excluding hydrogens is 262 g/mol. The molecule has 0 saturated heterocycles. The summed E-state index contributed by atoms with van der Waals surface area (Å²) < 4.78 is 0. The molecule has 0 aliphatic carbocycles. The summed E-state index contributed by atoms with van der Waals surface area (Å²) in [6.07, 6.45) is 1.04. The molecule has 0 spiro atoms. The van der Waals surface area contributed by atoms with Crippen LogP contribution in [0.15, 0.2) is 0 Å². The molecule has 2 radical (unpaired) electrons. The predicted octanol–water partition coefficient (Wildman–Crippen LogP) is 5.78. The molecule has 0 N–H and O–H groups in total. The van der Waals surface area contributed by atoms with E-state index in [0.29, 0.717) is 16.6 Å². The van der Waals surface area contributed by atoms with Crippen LogP contribution < -0.4 is 0 Å². The fourth-order valence-electron chi connectivity index (χ4n) is 3.15. The zero-order valence-corrected chi connectivity index (χ0v) is 16.4. The predicted molar refractivity (Wildman–Crippen MR) is 95.8 cm³/mol. The minimum absolute atomic E-state index is 0.285. The van der Waals surface area contributed by atoms with Crippen LogP contribution in [0.25, 0.3) is 0 Å². The summed E-state index contributed by atoms with van der Waals surface area (Å²) in [6.45, 7) is 20.8. The molecule has 19 heavy (non-hydrogen) atoms. The van der Waals surface area contributed by atoms with Crippen molar-refractivity contribution >= 4 is 23.4 Å². The van der Waals surface area contributed by atoms with Crippen molar-refractivity contribution in [2.45, 2.75) is 78.9 Å². The van der Waals surface area contributed by atoms with E-state index in [1.807, 2.05) is 0 Å². The van der Waals surface area contributed by atoms with Gasteiger partial charge >= 0.3 is 0 Å². The van der Waals surface area contributed by atoms with Crippen molar-refractivity contribution < 1.29 is 0 Å². The molecule has 0 saturated carbocycles. The van der Waals surface area contributed by atoms with Crippen LogP contribution in [0.4, 0.5) is 0 Å². The lowest BCUT2D eigenvalue weighted by Gasteiger charge is -2.38. The normalized spacial score (nSPS) is 14.7. The van der Waals surface area contributed by atoms with Crippen LogP contribution in [0, 0.1) is 16.6 Å². The molecule has 0 bridgehead atoms. The van der Waals surface area contributed by atoms with Crippen molar-refractivity contribution in [1.29, 1.82) is 0 Å². The van der Waals surface area contributed by atoms with Gasteiger partial charge in [0.2, 0.25) is 0 Å². The average molecular weight is 294 g/mol. The highest BCUT2D eigenvalue weighted by molar-refractivity contribution is 7.86. The van der Waals surface area contributed by atoms with Gasteiger partial charge in [-0.15, -0.1) is 5.54 Å². The van der Waals surface area contributed by atoms with Gasteiger partial charge in [-0.1, -0.05) is 75.8 Å². The van der Waals surface area contributed by atoms with Gasteiger partial charge in [0.1, 0.15) is 15.6 Å². The first-order chi connectivity index (χ1) is 8.43. The van der Waals surface area contributed by atoms with Crippen LogP contribution in [-0.4, -0.2) is 21.8 Å². The van der Waals surface area contributed by atoms with Gasteiger partial charge in [-0.2, -0.15) is 0 Å². The smallest absolute Gasteiger partial charge is 0.127 e. The molecule has 0 aliphatic heterocycles. The number of hydrogen-bond acceptors (Lipinski definition) is 0. The highest BCUT2D eigenvalue weighted by Gasteiger charge is 2.41. The summed E-state index contributed by atoms with van der Waals surface area (Å²) in [5.41, 5.74) is 9.59. The Morgan fingerprint density at radius 2 is 1.32 bits per heavy atom. The van der Waals surface area contributed by atoms with E-state index in [-0.39, 0.29) is 5.41 Å². The summed E-state index contributed by atoms with van der Waals surface area (Å²) >= 11 is 0. The SMILES string of the molecule is [B]P(C#C[Si](C(C)C)(C(C)C)C(C)C)CC(C)(C)C. The monoisotopic (exact) mass is 294 g/mol. The first-order valence-corrected chi connectivity index (χ1v) is 11.3. The van der Waals surface area contributed by atoms with Crippen LogP contribution in [0.3, 0.4) is 0 Å². The van der Waals surface area contributed by atoms with E-state index in [2.05, 4.69) is 73.5 Å². The molecule has 0 heterocycles. The second kappa shape index (κ2) is 7.33. The largest absolute Gasteiger partial charge is 0.146 e. The Hall–Kier alpha value is 0.272. The maximum Gasteiger partial charge on any atom is 0.146 e. The highest BCUT2D eigenvalue weighted by atomic mass is 31.1. The Morgan fingerprint density at radius 3 is 1.58 bits per heavy atom. The second-order valence-corrected chi connectivity index (χ2v) is 14.9. The fourth-order valence-corrected chi connectivity index (χ4v) is 10.5. The van der Waals surface area contributed by atoms with Crippen molar-refractivity contribution in [2.75, 3.05) is 6.16 Å². The second-order valence-electron chi connectivity index (χ2n) is 7.82. The molecule has 0 aromatic carbocycles. The van der Waals surface area contributed by atoms with Crippen molar-refractivity contribution in [1.82, 2.24) is 0 Å². The Bertz CT molecular complexity index is 309. The van der Waals surface area contributed by atoms with Crippen LogP contribution in [0.5, 0.6) is 0 Å². The molecule has 0 rings (SSSR count). The van der Waals surface area contributed by atoms with Gasteiger partial charge in [-0.05, 0) is 28.2 Å². The van der Waals surface area contributed by atoms with Gasteiger partial charge in [-0.25, -0.2) is 0 Å². The summed E-state index contributed by atoms with van der Waals surface area (Å²) in [5, 5.41) is 0. The molecular formula is C16H32BPSi. The molecule has 0 aromatic heterocycles. The standard InChI is InChI=1S/C16H32BPSi/c1-13(2)19(14(3)4,15(5)6)11-10-18(17)12-16(7,8)9/h13-15H,12H2,1-9H3. The van der Waals surface area contributed by atoms with E-state index >= 15 is 0 Å². The number of hydrogen-bond donors (Lipinski definition) is 0. The fraction of sp³-hybridized carbons (Fsp3) is 0.875. The quantitative estimate of drug-likeness (QED) is 0.350. The zero-order valence-electron chi connectivity index (χ0n) is 14.5. The highest BCUT2D eigenvalue weighted by Crippen LogP contribution is 2.42. The third-order valence-electron chi connectivity index (χ3n) is 3.93. The molecule has 1 atom stereocenters. The molecule has 0 nitrogen and oxygen atoms in total. The molecule has 1 unspecified atom stereocenters. The van der Waals surface area contributed by atoms with Crippen LogP contribution >= 0.6 is 7.80 Å². The van der Waals surface area contributed by atoms with Crippen molar-refractivity contribution in [3.8, 4) is 11.2 Å². The van der Waals surface area contributed by atoms with E-state index < -0.39 is 15.9 Å². The molecule has 0 fully saturated rings. The van der Waals surface area contributed by atoms with E-state index in [1.165, 1.54) is 0 Å². The van der Waals surface area contributed by atoms with E-state index in [9.17, 15) is 0 Å². The lowest BCUT2D eigenvalue weighted by atomic mass is 10.0. The summed E-state index contributed by atoms with van der Waals surface area (Å²) in [5.74, 6) is 0. The molecule has 0 aromatic rings. The van der Waals surface area contributed by atoms with Gasteiger partial charge < -0.3 is 0 Å². The van der Waals surface area contributed by atoms with Crippen molar-refractivity contribution in [2.24, 2.45) is 5.41 Å². The Balaban J connectivity index is 5.26.